The summed E-state index contributed by atoms with van der Waals surface area (Å²) in [7, 11) is 0. The number of amides is 1. The zero-order valence-corrected chi connectivity index (χ0v) is 13.5. The fourth-order valence-electron chi connectivity index (χ4n) is 3.18. The number of hydrogen-bond acceptors (Lipinski definition) is 6. The van der Waals surface area contributed by atoms with Gasteiger partial charge in [0.25, 0.3) is 5.91 Å². The lowest BCUT2D eigenvalue weighted by Gasteiger charge is -2.28. The lowest BCUT2D eigenvalue weighted by Crippen LogP contribution is -2.45. The van der Waals surface area contributed by atoms with Gasteiger partial charge in [0.2, 0.25) is 0 Å². The molecule has 2 atom stereocenters. The minimum atomic E-state index is -0.424. The number of aryl methyl sites for hydroxylation is 1. The van der Waals surface area contributed by atoms with Crippen molar-refractivity contribution in [2.75, 3.05) is 39.4 Å². The fourth-order valence-corrected chi connectivity index (χ4v) is 3.18. The van der Waals surface area contributed by atoms with Gasteiger partial charge in [0.05, 0.1) is 30.9 Å². The van der Waals surface area contributed by atoms with Gasteiger partial charge in [0.15, 0.2) is 0 Å². The van der Waals surface area contributed by atoms with Crippen molar-refractivity contribution in [1.82, 2.24) is 19.8 Å². The van der Waals surface area contributed by atoms with Crippen molar-refractivity contribution in [2.24, 2.45) is 0 Å². The molecule has 0 unspecified atom stereocenters. The number of hydrogen-bond donors (Lipinski definition) is 1. The maximum Gasteiger partial charge on any atom is 0.257 e. The highest BCUT2D eigenvalue weighted by Gasteiger charge is 2.33. The Hall–Kier alpha value is -1.57. The summed E-state index contributed by atoms with van der Waals surface area (Å²) < 4.78 is 5.34. The van der Waals surface area contributed by atoms with Gasteiger partial charge in [-0.3, -0.25) is 9.69 Å². The molecule has 7 heteroatoms. The standard InChI is InChI=1S/C16H24N4O3/c1-2-15-17-8-12(9-18-15)16(22)20-5-3-4-19(6-7-20)13-10-23-11-14(13)21/h8-9,13-14,21H,2-7,10-11H2,1H3/t13-,14-/m0/s1. The van der Waals surface area contributed by atoms with Crippen LogP contribution in [0.25, 0.3) is 0 Å². The number of aliphatic hydroxyl groups is 1. The van der Waals surface area contributed by atoms with Gasteiger partial charge in [-0.05, 0) is 6.42 Å². The molecule has 1 aromatic heterocycles. The lowest BCUT2D eigenvalue weighted by atomic mass is 10.2. The van der Waals surface area contributed by atoms with Crippen molar-refractivity contribution < 1.29 is 14.6 Å². The molecule has 2 aliphatic rings. The van der Waals surface area contributed by atoms with E-state index in [2.05, 4.69) is 14.9 Å². The van der Waals surface area contributed by atoms with Crippen LogP contribution in [0.4, 0.5) is 0 Å². The van der Waals surface area contributed by atoms with E-state index in [0.29, 0.717) is 31.9 Å². The molecule has 2 saturated heterocycles. The zero-order valence-electron chi connectivity index (χ0n) is 13.5. The monoisotopic (exact) mass is 320 g/mol. The molecule has 0 saturated carbocycles. The van der Waals surface area contributed by atoms with Crippen molar-refractivity contribution in [3.05, 3.63) is 23.8 Å². The number of rotatable bonds is 3. The molecule has 7 nitrogen and oxygen atoms in total. The molecular formula is C16H24N4O3. The maximum absolute atomic E-state index is 12.6. The Balaban J connectivity index is 1.61. The number of ether oxygens (including phenoxy) is 1. The van der Waals surface area contributed by atoms with Crippen molar-refractivity contribution in [3.63, 3.8) is 0 Å². The Labute approximate surface area is 136 Å². The van der Waals surface area contributed by atoms with Crippen LogP contribution in [0.5, 0.6) is 0 Å². The third kappa shape index (κ3) is 3.68. The van der Waals surface area contributed by atoms with E-state index in [1.165, 1.54) is 0 Å². The molecular weight excluding hydrogens is 296 g/mol. The average Bonchev–Trinajstić information content (AvgIpc) is 2.86. The summed E-state index contributed by atoms with van der Waals surface area (Å²) in [5.41, 5.74) is 0.542. The molecule has 0 aromatic carbocycles. The van der Waals surface area contributed by atoms with Gasteiger partial charge in [0.1, 0.15) is 5.82 Å². The van der Waals surface area contributed by atoms with Gasteiger partial charge in [-0.2, -0.15) is 0 Å². The van der Waals surface area contributed by atoms with Crippen LogP contribution >= 0.6 is 0 Å². The average molecular weight is 320 g/mol. The molecule has 1 N–H and O–H groups in total. The number of nitrogens with zero attached hydrogens (tertiary/aromatic N) is 4. The quantitative estimate of drug-likeness (QED) is 0.841. The molecule has 3 rings (SSSR count). The summed E-state index contributed by atoms with van der Waals surface area (Å²) in [6, 6.07) is 0.0530. The zero-order chi connectivity index (χ0) is 16.2. The van der Waals surface area contributed by atoms with Crippen molar-refractivity contribution >= 4 is 5.91 Å². The van der Waals surface area contributed by atoms with E-state index in [0.717, 1.165) is 31.8 Å². The summed E-state index contributed by atoms with van der Waals surface area (Å²) in [6.45, 7) is 5.96. The van der Waals surface area contributed by atoms with E-state index in [4.69, 9.17) is 4.74 Å². The van der Waals surface area contributed by atoms with Gasteiger partial charge >= 0.3 is 0 Å². The third-order valence-electron chi connectivity index (χ3n) is 4.58. The van der Waals surface area contributed by atoms with Crippen LogP contribution in [-0.2, 0) is 11.2 Å². The Morgan fingerprint density at radius 2 is 2.04 bits per heavy atom. The van der Waals surface area contributed by atoms with Gasteiger partial charge in [0, 0.05) is 45.0 Å². The number of aromatic nitrogens is 2. The molecule has 126 valence electrons. The SMILES string of the molecule is CCc1ncc(C(=O)N2CCCN([C@H]3COC[C@@H]3O)CC2)cn1. The highest BCUT2D eigenvalue weighted by Crippen LogP contribution is 2.16. The van der Waals surface area contributed by atoms with Crippen LogP contribution in [0.2, 0.25) is 0 Å². The van der Waals surface area contributed by atoms with Crippen molar-refractivity contribution in [1.29, 1.82) is 0 Å². The summed E-state index contributed by atoms with van der Waals surface area (Å²) in [6.07, 6.45) is 4.46. The van der Waals surface area contributed by atoms with Crippen molar-refractivity contribution in [2.45, 2.75) is 31.9 Å². The normalized spacial score (nSPS) is 26.3. The molecule has 1 aromatic rings. The molecule has 0 spiro atoms. The Morgan fingerprint density at radius 3 is 2.70 bits per heavy atom. The van der Waals surface area contributed by atoms with Crippen LogP contribution < -0.4 is 0 Å². The molecule has 23 heavy (non-hydrogen) atoms. The number of carbonyl (C=O) groups excluding carboxylic acids is 1. The maximum atomic E-state index is 12.6. The smallest absolute Gasteiger partial charge is 0.257 e. The van der Waals surface area contributed by atoms with Gasteiger partial charge in [-0.15, -0.1) is 0 Å². The first-order valence-corrected chi connectivity index (χ1v) is 8.29. The molecule has 0 radical (unpaired) electrons. The van der Waals surface area contributed by atoms with Gasteiger partial charge < -0.3 is 14.7 Å². The fraction of sp³-hybridized carbons (Fsp3) is 0.688. The molecule has 2 fully saturated rings. The topological polar surface area (TPSA) is 78.8 Å². The molecule has 3 heterocycles. The molecule has 2 aliphatic heterocycles. The Morgan fingerprint density at radius 1 is 1.26 bits per heavy atom. The predicted molar refractivity (Wildman–Crippen MR) is 84.1 cm³/mol. The highest BCUT2D eigenvalue weighted by molar-refractivity contribution is 5.93. The van der Waals surface area contributed by atoms with E-state index >= 15 is 0 Å². The summed E-state index contributed by atoms with van der Waals surface area (Å²) in [5.74, 6) is 0.733. The van der Waals surface area contributed by atoms with Crippen LogP contribution in [-0.4, -0.2) is 82.3 Å². The molecule has 1 amide bonds. The second-order valence-electron chi connectivity index (χ2n) is 6.10. The highest BCUT2D eigenvalue weighted by atomic mass is 16.5. The first kappa shape index (κ1) is 16.3. The van der Waals surface area contributed by atoms with Crippen molar-refractivity contribution in [3.8, 4) is 0 Å². The third-order valence-corrected chi connectivity index (χ3v) is 4.58. The summed E-state index contributed by atoms with van der Waals surface area (Å²) in [4.78, 5) is 25.1. The predicted octanol–water partition coefficient (Wildman–Crippen LogP) is -0.0534. The summed E-state index contributed by atoms with van der Waals surface area (Å²) in [5, 5.41) is 9.97. The number of aliphatic hydroxyl groups excluding tert-OH is 1. The van der Waals surface area contributed by atoms with E-state index in [1.54, 1.807) is 12.4 Å². The van der Waals surface area contributed by atoms with Gasteiger partial charge in [-0.1, -0.05) is 6.92 Å². The molecule has 0 bridgehead atoms. The van der Waals surface area contributed by atoms with Crippen LogP contribution in [0.1, 0.15) is 29.5 Å². The Kier molecular flexibility index (Phi) is 5.20. The second kappa shape index (κ2) is 7.33. The number of carbonyl (C=O) groups is 1. The van der Waals surface area contributed by atoms with Crippen LogP contribution in [0.3, 0.4) is 0 Å². The molecule has 0 aliphatic carbocycles. The van der Waals surface area contributed by atoms with E-state index < -0.39 is 6.10 Å². The van der Waals surface area contributed by atoms with Gasteiger partial charge in [-0.25, -0.2) is 9.97 Å². The largest absolute Gasteiger partial charge is 0.389 e. The van der Waals surface area contributed by atoms with E-state index in [9.17, 15) is 9.90 Å². The first-order chi connectivity index (χ1) is 11.2. The summed E-state index contributed by atoms with van der Waals surface area (Å²) >= 11 is 0. The minimum absolute atomic E-state index is 0.0160. The lowest BCUT2D eigenvalue weighted by molar-refractivity contribution is 0.0724. The Bertz CT molecular complexity index is 537. The van der Waals surface area contributed by atoms with E-state index in [-0.39, 0.29) is 11.9 Å². The first-order valence-electron chi connectivity index (χ1n) is 8.29. The second-order valence-corrected chi connectivity index (χ2v) is 6.10. The van der Waals surface area contributed by atoms with Crippen LogP contribution in [0.15, 0.2) is 12.4 Å². The van der Waals surface area contributed by atoms with Crippen LogP contribution in [0, 0.1) is 0 Å². The van der Waals surface area contributed by atoms with E-state index in [1.807, 2.05) is 11.8 Å². The minimum Gasteiger partial charge on any atom is -0.389 e.